The Balaban J connectivity index is 1.92. The lowest BCUT2D eigenvalue weighted by atomic mass is 10.1. The number of non-ortho nitro benzene ring substituents is 1. The van der Waals surface area contributed by atoms with Crippen molar-refractivity contribution >= 4 is 39.7 Å². The summed E-state index contributed by atoms with van der Waals surface area (Å²) in [7, 11) is -10.3. The van der Waals surface area contributed by atoms with E-state index in [2.05, 4.69) is 5.32 Å². The molecule has 4 atom stereocenters. The van der Waals surface area contributed by atoms with Crippen molar-refractivity contribution in [2.45, 2.75) is 38.1 Å². The minimum atomic E-state index is -3.48. The third-order valence-corrected chi connectivity index (χ3v) is 9.65. The number of carbonyl (C=O) groups is 2. The number of esters is 1. The highest BCUT2D eigenvalue weighted by atomic mass is 31.2. The lowest BCUT2D eigenvalue weighted by Crippen LogP contribution is -2.45. The molecule has 1 amide bonds. The van der Waals surface area contributed by atoms with Crippen LogP contribution in [-0.4, -0.2) is 130 Å². The first-order valence-electron chi connectivity index (χ1n) is 14.6. The van der Waals surface area contributed by atoms with E-state index in [-0.39, 0.29) is 55.1 Å². The minimum absolute atomic E-state index is 0.0559. The van der Waals surface area contributed by atoms with Gasteiger partial charge in [-0.2, -0.15) is 0 Å². The molecule has 3 unspecified atom stereocenters. The molecule has 256 valence electrons. The Bertz CT molecular complexity index is 1280. The lowest BCUT2D eigenvalue weighted by molar-refractivity contribution is -0.384. The molecule has 1 saturated heterocycles. The van der Waals surface area contributed by atoms with E-state index in [1.165, 1.54) is 44.3 Å². The van der Waals surface area contributed by atoms with Crippen LogP contribution in [0.3, 0.4) is 0 Å². The molecule has 0 radical (unpaired) electrons. The van der Waals surface area contributed by atoms with E-state index in [1.807, 2.05) is 9.80 Å². The second kappa shape index (κ2) is 17.8. The summed E-state index contributed by atoms with van der Waals surface area (Å²) in [5, 5.41) is 13.5. The van der Waals surface area contributed by atoms with Crippen molar-refractivity contribution < 1.29 is 47.6 Å². The van der Waals surface area contributed by atoms with Gasteiger partial charge in [-0.25, -0.2) is 0 Å². The van der Waals surface area contributed by atoms with E-state index in [0.717, 1.165) is 0 Å². The number of nitrogens with one attached hydrogen (secondary N) is 1. The summed E-state index contributed by atoms with van der Waals surface area (Å²) in [6.45, 7) is 6.03. The molecule has 1 aliphatic rings. The van der Waals surface area contributed by atoms with Crippen LogP contribution in [0.2, 0.25) is 0 Å². The number of carbonyl (C=O) groups excluding carboxylic acids is 2. The molecule has 0 aliphatic carbocycles. The van der Waals surface area contributed by atoms with Gasteiger partial charge < -0.3 is 24.7 Å². The number of amides is 1. The van der Waals surface area contributed by atoms with E-state index >= 15 is 0 Å². The topological polar surface area (TPSA) is 220 Å². The van der Waals surface area contributed by atoms with Crippen molar-refractivity contribution in [1.82, 2.24) is 20.0 Å². The maximum absolute atomic E-state index is 12.4. The number of ether oxygens (including phenoxy) is 1. The lowest BCUT2D eigenvalue weighted by Gasteiger charge is -2.35. The molecule has 16 nitrogen and oxygen atoms in total. The fourth-order valence-corrected chi connectivity index (χ4v) is 8.09. The van der Waals surface area contributed by atoms with Gasteiger partial charge in [-0.3, -0.25) is 48.1 Å². The summed E-state index contributed by atoms with van der Waals surface area (Å²) >= 11 is 0. The molecule has 1 aromatic carbocycles. The van der Waals surface area contributed by atoms with Crippen LogP contribution >= 0.6 is 22.1 Å². The van der Waals surface area contributed by atoms with Crippen LogP contribution in [0.5, 0.6) is 5.75 Å². The standard InChI is InChI=1S/C26H46N5O11P3/c1-43(36,37)19-28-14-15-29(20-44(2,38)39)18-23(30(17-16-28)21-45(3,40)41)6-4-5-13-27-25(32)11-12-26(33)42-24-9-7-22(8-10-24)31(34)35/h7-10,23H,4-6,11-21H2,1-3H3,(H,27,32)(H,36,37)(H,38,39)(H,40,41)/t23-/m0/s1. The van der Waals surface area contributed by atoms with Gasteiger partial charge in [0.25, 0.3) is 5.69 Å². The average Bonchev–Trinajstić information content (AvgIpc) is 2.95. The molecule has 19 heteroatoms. The Kier molecular flexibility index (Phi) is 15.5. The summed E-state index contributed by atoms with van der Waals surface area (Å²) in [4.78, 5) is 70.2. The van der Waals surface area contributed by atoms with E-state index in [1.54, 1.807) is 4.90 Å². The Labute approximate surface area is 263 Å². The zero-order valence-electron chi connectivity index (χ0n) is 26.0. The minimum Gasteiger partial charge on any atom is -0.427 e. The molecule has 2 rings (SSSR count). The third kappa shape index (κ3) is 17.5. The first kappa shape index (κ1) is 39.2. The summed E-state index contributed by atoms with van der Waals surface area (Å²) in [5.41, 5.74) is -0.140. The number of hydrogen-bond acceptors (Lipinski definition) is 11. The quantitative estimate of drug-likeness (QED) is 0.0487. The third-order valence-electron chi connectivity index (χ3n) is 6.91. The highest BCUT2D eigenvalue weighted by Crippen LogP contribution is 2.40. The Hall–Kier alpha value is -1.99. The number of hydrogen-bond donors (Lipinski definition) is 4. The van der Waals surface area contributed by atoms with Gasteiger partial charge in [-0.05, 0) is 25.0 Å². The van der Waals surface area contributed by atoms with Gasteiger partial charge in [0.2, 0.25) is 28.0 Å². The molecule has 1 heterocycles. The SMILES string of the molecule is CP(=O)(O)CN1CCN(CP(C)(=O)O)C[C@H](CCCCNC(=O)CCC(=O)Oc2ccc([N+](=O)[O-])cc2)N(CP(C)(=O)O)CC1. The molecule has 0 saturated carbocycles. The summed E-state index contributed by atoms with van der Waals surface area (Å²) in [6.07, 6.45) is 1.25. The molecule has 1 aliphatic heterocycles. The molecular weight excluding hydrogens is 651 g/mol. The van der Waals surface area contributed by atoms with E-state index in [9.17, 15) is 48.1 Å². The van der Waals surface area contributed by atoms with Gasteiger partial charge >= 0.3 is 5.97 Å². The Morgan fingerprint density at radius 3 is 2.02 bits per heavy atom. The van der Waals surface area contributed by atoms with Gasteiger partial charge in [0.1, 0.15) is 5.75 Å². The summed E-state index contributed by atoms with van der Waals surface area (Å²) in [5.74, 6) is -0.868. The Morgan fingerprint density at radius 2 is 1.44 bits per heavy atom. The fourth-order valence-electron chi connectivity index (χ4n) is 5.02. The van der Waals surface area contributed by atoms with Gasteiger partial charge in [0, 0.05) is 83.9 Å². The number of unbranched alkanes of at least 4 members (excludes halogenated alkanes) is 1. The normalized spacial score (nSPS) is 21.2. The van der Waals surface area contributed by atoms with Crippen LogP contribution in [-0.2, 0) is 23.3 Å². The molecule has 45 heavy (non-hydrogen) atoms. The second-order valence-corrected chi connectivity index (χ2v) is 19.0. The molecule has 1 fully saturated rings. The molecular formula is C26H46N5O11P3. The zero-order valence-corrected chi connectivity index (χ0v) is 28.7. The van der Waals surface area contributed by atoms with Crippen LogP contribution in [0.25, 0.3) is 0 Å². The van der Waals surface area contributed by atoms with Crippen molar-refractivity contribution in [3.05, 3.63) is 34.4 Å². The van der Waals surface area contributed by atoms with Crippen molar-refractivity contribution in [3.63, 3.8) is 0 Å². The largest absolute Gasteiger partial charge is 0.427 e. The van der Waals surface area contributed by atoms with Gasteiger partial charge in [0.05, 0.1) is 30.2 Å². The maximum atomic E-state index is 12.4. The predicted molar refractivity (Wildman–Crippen MR) is 170 cm³/mol. The molecule has 4 N–H and O–H groups in total. The fraction of sp³-hybridized carbons (Fsp3) is 0.692. The highest BCUT2D eigenvalue weighted by Gasteiger charge is 2.30. The summed E-state index contributed by atoms with van der Waals surface area (Å²) in [6, 6.07) is 4.77. The smallest absolute Gasteiger partial charge is 0.311 e. The first-order chi connectivity index (χ1) is 20.8. The molecule has 1 aromatic rings. The first-order valence-corrected chi connectivity index (χ1v) is 21.5. The number of rotatable bonds is 16. The van der Waals surface area contributed by atoms with Crippen molar-refractivity contribution in [1.29, 1.82) is 0 Å². The number of nitro benzene ring substituents is 1. The van der Waals surface area contributed by atoms with Gasteiger partial charge in [-0.15, -0.1) is 0 Å². The van der Waals surface area contributed by atoms with Gasteiger partial charge in [-0.1, -0.05) is 6.42 Å². The van der Waals surface area contributed by atoms with Crippen LogP contribution in [0.1, 0.15) is 32.1 Å². The number of nitro groups is 1. The van der Waals surface area contributed by atoms with Crippen LogP contribution in [0.15, 0.2) is 24.3 Å². The maximum Gasteiger partial charge on any atom is 0.311 e. The average molecular weight is 698 g/mol. The number of benzene rings is 1. The van der Waals surface area contributed by atoms with Crippen molar-refractivity contribution in [2.24, 2.45) is 0 Å². The van der Waals surface area contributed by atoms with Crippen molar-refractivity contribution in [3.8, 4) is 5.75 Å². The van der Waals surface area contributed by atoms with Crippen LogP contribution in [0.4, 0.5) is 5.69 Å². The van der Waals surface area contributed by atoms with E-state index in [0.29, 0.717) is 58.5 Å². The molecule has 0 bridgehead atoms. The van der Waals surface area contributed by atoms with E-state index in [4.69, 9.17) is 4.74 Å². The zero-order chi connectivity index (χ0) is 33.8. The highest BCUT2D eigenvalue weighted by molar-refractivity contribution is 7.57. The Morgan fingerprint density at radius 1 is 0.889 bits per heavy atom. The second-order valence-electron chi connectivity index (χ2n) is 11.8. The van der Waals surface area contributed by atoms with Gasteiger partial charge in [0.15, 0.2) is 0 Å². The van der Waals surface area contributed by atoms with Crippen LogP contribution in [0, 0.1) is 10.1 Å². The predicted octanol–water partition coefficient (Wildman–Crippen LogP) is 2.43. The van der Waals surface area contributed by atoms with Crippen LogP contribution < -0.4 is 10.1 Å². The monoisotopic (exact) mass is 697 g/mol. The van der Waals surface area contributed by atoms with E-state index < -0.39 is 33.0 Å². The summed E-state index contributed by atoms with van der Waals surface area (Å²) < 4.78 is 42.0. The molecule has 0 aromatic heterocycles. The van der Waals surface area contributed by atoms with Crippen molar-refractivity contribution in [2.75, 3.05) is 78.1 Å². The molecule has 0 spiro atoms. The number of nitrogens with zero attached hydrogens (tertiary/aromatic N) is 4.